The molecule has 1 aliphatic heterocycles. The normalized spacial score (nSPS) is 20.9. The molecular weight excluding hydrogens is 311 g/mol. The number of halogens is 2. The molecule has 0 radical (unpaired) electrons. The number of carbonyl (C=O) groups is 1. The van der Waals surface area contributed by atoms with E-state index in [-0.39, 0.29) is 23.9 Å². The summed E-state index contributed by atoms with van der Waals surface area (Å²) in [6.45, 7) is 3.98. The largest absolute Gasteiger partial charge is 0.383 e. The Balaban J connectivity index is 0.00000220. The van der Waals surface area contributed by atoms with Gasteiger partial charge in [-0.15, -0.1) is 12.4 Å². The van der Waals surface area contributed by atoms with Gasteiger partial charge in [-0.3, -0.25) is 4.79 Å². The average molecular weight is 333 g/mol. The Labute approximate surface area is 137 Å². The van der Waals surface area contributed by atoms with E-state index in [2.05, 4.69) is 10.6 Å². The number of carbonyl (C=O) groups excluding carboxylic acids is 1. The van der Waals surface area contributed by atoms with E-state index in [1.165, 1.54) is 0 Å². The van der Waals surface area contributed by atoms with Crippen LogP contribution in [0.25, 0.3) is 0 Å². The van der Waals surface area contributed by atoms with Gasteiger partial charge in [0.15, 0.2) is 0 Å². The highest BCUT2D eigenvalue weighted by molar-refractivity contribution is 6.31. The Morgan fingerprint density at radius 3 is 2.90 bits per heavy atom. The van der Waals surface area contributed by atoms with Gasteiger partial charge in [0, 0.05) is 24.2 Å². The van der Waals surface area contributed by atoms with Crippen molar-refractivity contribution in [3.63, 3.8) is 0 Å². The summed E-state index contributed by atoms with van der Waals surface area (Å²) < 4.78 is 5.28. The number of hydrogen-bond acceptors (Lipinski definition) is 3. The second kappa shape index (κ2) is 7.99. The van der Waals surface area contributed by atoms with Crippen molar-refractivity contribution < 1.29 is 9.53 Å². The maximum absolute atomic E-state index is 12.3. The summed E-state index contributed by atoms with van der Waals surface area (Å²) in [5.74, 6) is -0.0887. The summed E-state index contributed by atoms with van der Waals surface area (Å²) in [5, 5.41) is 7.05. The minimum Gasteiger partial charge on any atom is -0.383 e. The van der Waals surface area contributed by atoms with Gasteiger partial charge in [-0.1, -0.05) is 17.7 Å². The number of amides is 1. The Morgan fingerprint density at radius 2 is 2.29 bits per heavy atom. The standard InChI is InChI=1S/C15H21ClN2O2.ClH/c1-11-12(5-3-6-13(11)16)14(19)17-9-15(10-20-2)7-4-8-18-15;/h3,5-6,18H,4,7-10H2,1-2H3,(H,17,19);1H. The van der Waals surface area contributed by atoms with Gasteiger partial charge in [-0.05, 0) is 44.0 Å². The van der Waals surface area contributed by atoms with Crippen LogP contribution in [0.3, 0.4) is 0 Å². The molecule has 1 atom stereocenters. The molecule has 1 aromatic carbocycles. The lowest BCUT2D eigenvalue weighted by atomic mass is 9.98. The van der Waals surface area contributed by atoms with Crippen LogP contribution in [-0.4, -0.2) is 38.3 Å². The molecule has 0 bridgehead atoms. The number of methoxy groups -OCH3 is 1. The second-order valence-electron chi connectivity index (χ2n) is 5.34. The van der Waals surface area contributed by atoms with Gasteiger partial charge in [-0.2, -0.15) is 0 Å². The Bertz CT molecular complexity index is 489. The van der Waals surface area contributed by atoms with Crippen LogP contribution in [-0.2, 0) is 4.74 Å². The van der Waals surface area contributed by atoms with Crippen molar-refractivity contribution >= 4 is 29.9 Å². The molecule has 0 aromatic heterocycles. The van der Waals surface area contributed by atoms with Crippen LogP contribution in [0.4, 0.5) is 0 Å². The summed E-state index contributed by atoms with van der Waals surface area (Å²) in [6, 6.07) is 5.38. The smallest absolute Gasteiger partial charge is 0.251 e. The van der Waals surface area contributed by atoms with Gasteiger partial charge >= 0.3 is 0 Å². The van der Waals surface area contributed by atoms with Crippen molar-refractivity contribution in [2.45, 2.75) is 25.3 Å². The first-order chi connectivity index (χ1) is 9.58. The van der Waals surface area contributed by atoms with Crippen molar-refractivity contribution in [3.8, 4) is 0 Å². The fourth-order valence-electron chi connectivity index (χ4n) is 2.67. The zero-order valence-corrected chi connectivity index (χ0v) is 13.9. The first-order valence-electron chi connectivity index (χ1n) is 6.85. The summed E-state index contributed by atoms with van der Waals surface area (Å²) in [7, 11) is 1.69. The predicted octanol–water partition coefficient (Wildman–Crippen LogP) is 2.57. The SMILES string of the molecule is COCC1(CNC(=O)c2cccc(Cl)c2C)CCCN1.Cl. The highest BCUT2D eigenvalue weighted by Gasteiger charge is 2.33. The van der Waals surface area contributed by atoms with Crippen LogP contribution in [0.1, 0.15) is 28.8 Å². The van der Waals surface area contributed by atoms with Crippen LogP contribution in [0.2, 0.25) is 5.02 Å². The molecule has 1 aliphatic rings. The van der Waals surface area contributed by atoms with Crippen molar-refractivity contribution in [2.24, 2.45) is 0 Å². The fourth-order valence-corrected chi connectivity index (χ4v) is 2.84. The van der Waals surface area contributed by atoms with E-state index in [4.69, 9.17) is 16.3 Å². The number of rotatable bonds is 5. The van der Waals surface area contributed by atoms with Crippen LogP contribution in [0, 0.1) is 6.92 Å². The predicted molar refractivity (Wildman–Crippen MR) is 87.6 cm³/mol. The fraction of sp³-hybridized carbons (Fsp3) is 0.533. The minimum absolute atomic E-state index is 0. The molecule has 1 fully saturated rings. The molecule has 0 saturated carbocycles. The first-order valence-corrected chi connectivity index (χ1v) is 7.23. The van der Waals surface area contributed by atoms with E-state index >= 15 is 0 Å². The molecule has 21 heavy (non-hydrogen) atoms. The Kier molecular flexibility index (Phi) is 6.94. The van der Waals surface area contributed by atoms with Gasteiger partial charge in [0.05, 0.1) is 12.1 Å². The second-order valence-corrected chi connectivity index (χ2v) is 5.75. The molecule has 1 aromatic rings. The molecule has 6 heteroatoms. The third kappa shape index (κ3) is 4.33. The molecule has 2 rings (SSSR count). The lowest BCUT2D eigenvalue weighted by molar-refractivity contribution is 0.0891. The van der Waals surface area contributed by atoms with Crippen LogP contribution < -0.4 is 10.6 Å². The first kappa shape index (κ1) is 18.2. The molecule has 0 spiro atoms. The number of benzene rings is 1. The Morgan fingerprint density at radius 1 is 1.52 bits per heavy atom. The quantitative estimate of drug-likeness (QED) is 0.871. The van der Waals surface area contributed by atoms with Gasteiger partial charge in [0.1, 0.15) is 0 Å². The Hall–Kier alpha value is -0.810. The number of hydrogen-bond donors (Lipinski definition) is 2. The lowest BCUT2D eigenvalue weighted by Gasteiger charge is -2.29. The maximum Gasteiger partial charge on any atom is 0.251 e. The van der Waals surface area contributed by atoms with E-state index in [0.29, 0.717) is 23.7 Å². The van der Waals surface area contributed by atoms with Gasteiger partial charge in [0.2, 0.25) is 0 Å². The molecular formula is C15H22Cl2N2O2. The third-order valence-corrected chi connectivity index (χ3v) is 4.26. The third-order valence-electron chi connectivity index (χ3n) is 3.85. The van der Waals surface area contributed by atoms with Gasteiger partial charge in [0.25, 0.3) is 5.91 Å². The van der Waals surface area contributed by atoms with Crippen molar-refractivity contribution in [2.75, 3.05) is 26.8 Å². The molecule has 1 heterocycles. The van der Waals surface area contributed by atoms with Crippen LogP contribution in [0.15, 0.2) is 18.2 Å². The number of nitrogens with one attached hydrogen (secondary N) is 2. The van der Waals surface area contributed by atoms with Gasteiger partial charge < -0.3 is 15.4 Å². The molecule has 4 nitrogen and oxygen atoms in total. The van der Waals surface area contributed by atoms with E-state index in [1.807, 2.05) is 6.92 Å². The van der Waals surface area contributed by atoms with Crippen molar-refractivity contribution in [1.82, 2.24) is 10.6 Å². The number of ether oxygens (including phenoxy) is 1. The summed E-state index contributed by atoms with van der Waals surface area (Å²) in [5.41, 5.74) is 1.30. The van der Waals surface area contributed by atoms with Crippen LogP contribution >= 0.6 is 24.0 Å². The molecule has 118 valence electrons. The molecule has 0 aliphatic carbocycles. The van der Waals surface area contributed by atoms with E-state index in [0.717, 1.165) is 24.9 Å². The van der Waals surface area contributed by atoms with Gasteiger partial charge in [-0.25, -0.2) is 0 Å². The molecule has 1 unspecified atom stereocenters. The zero-order chi connectivity index (χ0) is 14.6. The topological polar surface area (TPSA) is 50.4 Å². The van der Waals surface area contributed by atoms with Crippen LogP contribution in [0.5, 0.6) is 0 Å². The van der Waals surface area contributed by atoms with Crippen molar-refractivity contribution in [1.29, 1.82) is 0 Å². The van der Waals surface area contributed by atoms with E-state index < -0.39 is 0 Å². The van der Waals surface area contributed by atoms with E-state index in [9.17, 15) is 4.79 Å². The molecule has 1 saturated heterocycles. The highest BCUT2D eigenvalue weighted by atomic mass is 35.5. The monoisotopic (exact) mass is 332 g/mol. The highest BCUT2D eigenvalue weighted by Crippen LogP contribution is 2.21. The maximum atomic E-state index is 12.3. The molecule has 1 amide bonds. The average Bonchev–Trinajstić information content (AvgIpc) is 2.89. The summed E-state index contributed by atoms with van der Waals surface area (Å²) >= 11 is 6.05. The molecule has 2 N–H and O–H groups in total. The lowest BCUT2D eigenvalue weighted by Crippen LogP contribution is -2.53. The van der Waals surface area contributed by atoms with E-state index in [1.54, 1.807) is 25.3 Å². The van der Waals surface area contributed by atoms with Crippen molar-refractivity contribution in [3.05, 3.63) is 34.3 Å². The zero-order valence-electron chi connectivity index (χ0n) is 12.4. The summed E-state index contributed by atoms with van der Waals surface area (Å²) in [4.78, 5) is 12.3. The minimum atomic E-state index is -0.142. The summed E-state index contributed by atoms with van der Waals surface area (Å²) in [6.07, 6.45) is 2.12.